The quantitative estimate of drug-likeness (QED) is 0.642. The Hall–Kier alpha value is -2.74. The van der Waals surface area contributed by atoms with Crippen LogP contribution in [0.25, 0.3) is 11.4 Å². The number of methoxy groups -OCH3 is 1. The van der Waals surface area contributed by atoms with E-state index in [2.05, 4.69) is 15.5 Å². The van der Waals surface area contributed by atoms with E-state index in [0.29, 0.717) is 23.3 Å². The third-order valence-electron chi connectivity index (χ3n) is 3.85. The summed E-state index contributed by atoms with van der Waals surface area (Å²) in [7, 11) is 3.49. The van der Waals surface area contributed by atoms with Crippen LogP contribution in [-0.4, -0.2) is 33.0 Å². The average molecular weight is 372 g/mol. The maximum atomic E-state index is 12.3. The van der Waals surface area contributed by atoms with Crippen molar-refractivity contribution in [2.45, 2.75) is 23.9 Å². The topological polar surface area (TPSA) is 82.2 Å². The predicted octanol–water partition coefficient (Wildman–Crippen LogP) is 2.88. The highest BCUT2D eigenvalue weighted by Crippen LogP contribution is 2.31. The molecule has 0 saturated heterocycles. The zero-order chi connectivity index (χ0) is 18.5. The number of aromatic nitrogens is 3. The van der Waals surface area contributed by atoms with E-state index in [-0.39, 0.29) is 11.2 Å². The number of para-hydroxylation sites is 1. The van der Waals surface area contributed by atoms with Gasteiger partial charge in [0.05, 0.1) is 30.7 Å². The summed E-state index contributed by atoms with van der Waals surface area (Å²) in [6, 6.07) is 11.2. The van der Waals surface area contributed by atoms with Crippen LogP contribution < -0.4 is 10.1 Å². The summed E-state index contributed by atoms with van der Waals surface area (Å²) in [6.45, 7) is 2.20. The van der Waals surface area contributed by atoms with E-state index >= 15 is 0 Å². The Morgan fingerprint density at radius 3 is 2.85 bits per heavy atom. The van der Waals surface area contributed by atoms with Gasteiger partial charge in [0.1, 0.15) is 11.5 Å². The molecule has 8 heteroatoms. The smallest absolute Gasteiger partial charge is 0.233 e. The number of hydrogen-bond donors (Lipinski definition) is 1. The molecule has 2 aromatic heterocycles. The molecule has 1 N–H and O–H groups in total. The number of carbonyl (C=O) groups excluding carboxylic acids is 1. The number of ether oxygens (including phenoxy) is 1. The Morgan fingerprint density at radius 2 is 2.12 bits per heavy atom. The van der Waals surface area contributed by atoms with Crippen molar-refractivity contribution < 1.29 is 13.9 Å². The number of nitrogens with zero attached hydrogens (tertiary/aromatic N) is 3. The zero-order valence-corrected chi connectivity index (χ0v) is 15.6. The molecule has 0 unspecified atom stereocenters. The summed E-state index contributed by atoms with van der Waals surface area (Å²) in [4.78, 5) is 12.3. The summed E-state index contributed by atoms with van der Waals surface area (Å²) >= 11 is 1.35. The highest BCUT2D eigenvalue weighted by atomic mass is 32.2. The summed E-state index contributed by atoms with van der Waals surface area (Å²) in [5.74, 6) is 2.04. The molecule has 26 heavy (non-hydrogen) atoms. The summed E-state index contributed by atoms with van der Waals surface area (Å²) in [5.41, 5.74) is 0.853. The van der Waals surface area contributed by atoms with Crippen LogP contribution in [-0.2, 0) is 18.4 Å². The standard InChI is InChI=1S/C18H20N4O3S/c1-12(17(23)19-11-13-7-6-10-25-13)26-18-21-20-16(22(18)2)14-8-4-5-9-15(14)24-3/h4-10,12H,11H2,1-3H3,(H,19,23)/t12-/m0/s1. The number of furan rings is 1. The third-order valence-corrected chi connectivity index (χ3v) is 4.99. The molecule has 1 amide bonds. The van der Waals surface area contributed by atoms with Crippen LogP contribution in [0.5, 0.6) is 5.75 Å². The Labute approximate surface area is 155 Å². The van der Waals surface area contributed by atoms with Crippen LogP contribution in [0.3, 0.4) is 0 Å². The van der Waals surface area contributed by atoms with Gasteiger partial charge in [-0.1, -0.05) is 23.9 Å². The van der Waals surface area contributed by atoms with Gasteiger partial charge >= 0.3 is 0 Å². The Morgan fingerprint density at radius 1 is 1.31 bits per heavy atom. The lowest BCUT2D eigenvalue weighted by molar-refractivity contribution is -0.120. The van der Waals surface area contributed by atoms with Crippen LogP contribution in [0.15, 0.2) is 52.2 Å². The minimum absolute atomic E-state index is 0.0896. The van der Waals surface area contributed by atoms with Crippen molar-refractivity contribution in [1.82, 2.24) is 20.1 Å². The SMILES string of the molecule is COc1ccccc1-c1nnc(S[C@@H](C)C(=O)NCc2ccco2)n1C. The summed E-state index contributed by atoms with van der Waals surface area (Å²) < 4.78 is 12.5. The van der Waals surface area contributed by atoms with E-state index in [1.165, 1.54) is 11.8 Å². The van der Waals surface area contributed by atoms with Gasteiger partial charge in [0, 0.05) is 7.05 Å². The Bertz CT molecular complexity index is 876. The van der Waals surface area contributed by atoms with Gasteiger partial charge < -0.3 is 19.0 Å². The molecule has 0 aliphatic carbocycles. The molecule has 0 spiro atoms. The molecule has 2 heterocycles. The van der Waals surface area contributed by atoms with Gasteiger partial charge in [-0.3, -0.25) is 4.79 Å². The number of amides is 1. The number of carbonyl (C=O) groups is 1. The molecule has 0 aliphatic heterocycles. The summed E-state index contributed by atoms with van der Waals surface area (Å²) in [6.07, 6.45) is 1.58. The first-order chi connectivity index (χ1) is 12.6. The fourth-order valence-electron chi connectivity index (χ4n) is 2.42. The lowest BCUT2D eigenvalue weighted by Gasteiger charge is -2.11. The van der Waals surface area contributed by atoms with Crippen molar-refractivity contribution in [3.8, 4) is 17.1 Å². The molecule has 7 nitrogen and oxygen atoms in total. The van der Waals surface area contributed by atoms with Crippen molar-refractivity contribution >= 4 is 17.7 Å². The third kappa shape index (κ3) is 3.91. The molecular formula is C18H20N4O3S. The first-order valence-corrected chi connectivity index (χ1v) is 8.97. The Kier molecular flexibility index (Phi) is 5.62. The highest BCUT2D eigenvalue weighted by molar-refractivity contribution is 8.00. The highest BCUT2D eigenvalue weighted by Gasteiger charge is 2.20. The molecule has 0 radical (unpaired) electrons. The maximum Gasteiger partial charge on any atom is 0.233 e. The largest absolute Gasteiger partial charge is 0.496 e. The normalized spacial score (nSPS) is 12.0. The van der Waals surface area contributed by atoms with E-state index in [0.717, 1.165) is 11.3 Å². The van der Waals surface area contributed by atoms with Gasteiger partial charge in [-0.25, -0.2) is 0 Å². The van der Waals surface area contributed by atoms with Crippen LogP contribution in [0.4, 0.5) is 0 Å². The van der Waals surface area contributed by atoms with Gasteiger partial charge in [0.15, 0.2) is 11.0 Å². The van der Waals surface area contributed by atoms with E-state index in [9.17, 15) is 4.79 Å². The molecule has 0 fully saturated rings. The second-order valence-corrected chi connectivity index (χ2v) is 6.93. The molecule has 136 valence electrons. The van der Waals surface area contributed by atoms with Gasteiger partial charge in [-0.05, 0) is 31.2 Å². The van der Waals surface area contributed by atoms with E-state index in [1.54, 1.807) is 19.4 Å². The van der Waals surface area contributed by atoms with Gasteiger partial charge in [0.25, 0.3) is 0 Å². The van der Waals surface area contributed by atoms with E-state index in [1.807, 2.05) is 48.9 Å². The van der Waals surface area contributed by atoms with Crippen LogP contribution in [0, 0.1) is 0 Å². The molecule has 3 aromatic rings. The van der Waals surface area contributed by atoms with Crippen LogP contribution >= 0.6 is 11.8 Å². The molecule has 0 saturated carbocycles. The van der Waals surface area contributed by atoms with Gasteiger partial charge in [-0.15, -0.1) is 10.2 Å². The monoisotopic (exact) mass is 372 g/mol. The minimum atomic E-state index is -0.321. The van der Waals surface area contributed by atoms with Crippen molar-refractivity contribution in [3.05, 3.63) is 48.4 Å². The van der Waals surface area contributed by atoms with Crippen LogP contribution in [0.2, 0.25) is 0 Å². The predicted molar refractivity (Wildman–Crippen MR) is 98.9 cm³/mol. The number of nitrogens with one attached hydrogen (secondary N) is 1. The average Bonchev–Trinajstić information content (AvgIpc) is 3.30. The lowest BCUT2D eigenvalue weighted by Crippen LogP contribution is -2.30. The number of benzene rings is 1. The maximum absolute atomic E-state index is 12.3. The molecule has 1 atom stereocenters. The zero-order valence-electron chi connectivity index (χ0n) is 14.8. The Balaban J connectivity index is 1.68. The van der Waals surface area contributed by atoms with Crippen molar-refractivity contribution in [2.75, 3.05) is 7.11 Å². The molecule has 0 bridgehead atoms. The lowest BCUT2D eigenvalue weighted by atomic mass is 10.2. The first kappa shape index (κ1) is 18.1. The number of hydrogen-bond acceptors (Lipinski definition) is 6. The van der Waals surface area contributed by atoms with Crippen molar-refractivity contribution in [1.29, 1.82) is 0 Å². The minimum Gasteiger partial charge on any atom is -0.496 e. The number of rotatable bonds is 7. The summed E-state index contributed by atoms with van der Waals surface area (Å²) in [5, 5.41) is 11.7. The van der Waals surface area contributed by atoms with Gasteiger partial charge in [0.2, 0.25) is 5.91 Å². The van der Waals surface area contributed by atoms with Crippen molar-refractivity contribution in [2.24, 2.45) is 7.05 Å². The fraction of sp³-hybridized carbons (Fsp3) is 0.278. The molecule has 0 aliphatic rings. The molecule has 3 rings (SSSR count). The molecular weight excluding hydrogens is 352 g/mol. The fourth-order valence-corrected chi connectivity index (χ4v) is 3.26. The van der Waals surface area contributed by atoms with E-state index < -0.39 is 0 Å². The second kappa shape index (κ2) is 8.09. The van der Waals surface area contributed by atoms with Crippen LogP contribution in [0.1, 0.15) is 12.7 Å². The second-order valence-electron chi connectivity index (χ2n) is 5.62. The van der Waals surface area contributed by atoms with Gasteiger partial charge in [-0.2, -0.15) is 0 Å². The van der Waals surface area contributed by atoms with E-state index in [4.69, 9.17) is 9.15 Å². The van der Waals surface area contributed by atoms with Crippen molar-refractivity contribution in [3.63, 3.8) is 0 Å². The first-order valence-electron chi connectivity index (χ1n) is 8.09. The number of thioether (sulfide) groups is 1. The molecule has 1 aromatic carbocycles.